The molecule has 1 aromatic rings. The minimum Gasteiger partial charge on any atom is -0.483 e. The van der Waals surface area contributed by atoms with E-state index in [1.807, 2.05) is 24.3 Å². The Bertz CT molecular complexity index is 435. The van der Waals surface area contributed by atoms with Crippen LogP contribution in [0.25, 0.3) is 0 Å². The van der Waals surface area contributed by atoms with Crippen molar-refractivity contribution in [2.75, 3.05) is 33.4 Å². The Morgan fingerprint density at radius 2 is 2.05 bits per heavy atom. The fourth-order valence-corrected chi connectivity index (χ4v) is 2.00. The van der Waals surface area contributed by atoms with E-state index in [1.54, 1.807) is 12.0 Å². The number of benzene rings is 1. The lowest BCUT2D eigenvalue weighted by molar-refractivity contribution is -0.134. The Hall–Kier alpha value is -1.59. The molecule has 1 rings (SSSR count). The minimum absolute atomic E-state index is 0.0213. The summed E-state index contributed by atoms with van der Waals surface area (Å²) in [5.74, 6) is 1.04. The predicted octanol–water partition coefficient (Wildman–Crippen LogP) is 1.66. The molecule has 0 fully saturated rings. The van der Waals surface area contributed by atoms with Gasteiger partial charge in [0.05, 0.1) is 6.61 Å². The van der Waals surface area contributed by atoms with Gasteiger partial charge in [-0.05, 0) is 12.0 Å². The van der Waals surface area contributed by atoms with Gasteiger partial charge in [0.2, 0.25) is 0 Å². The summed E-state index contributed by atoms with van der Waals surface area (Å²) in [4.78, 5) is 14.0. The van der Waals surface area contributed by atoms with Crippen molar-refractivity contribution in [2.24, 2.45) is 11.7 Å². The van der Waals surface area contributed by atoms with Gasteiger partial charge in [-0.3, -0.25) is 4.79 Å². The maximum atomic E-state index is 12.3. The molecule has 0 saturated heterocycles. The van der Waals surface area contributed by atoms with Crippen LogP contribution in [0.3, 0.4) is 0 Å². The molecule has 0 saturated carbocycles. The van der Waals surface area contributed by atoms with Crippen molar-refractivity contribution >= 4 is 5.91 Å². The number of hydrogen-bond acceptors (Lipinski definition) is 4. The first-order chi connectivity index (χ1) is 10.1. The fraction of sp³-hybridized carbons (Fsp3) is 0.562. The molecule has 2 N–H and O–H groups in total. The molecule has 0 aliphatic rings. The van der Waals surface area contributed by atoms with E-state index < -0.39 is 0 Å². The van der Waals surface area contributed by atoms with Crippen LogP contribution in [0.1, 0.15) is 19.4 Å². The van der Waals surface area contributed by atoms with Crippen molar-refractivity contribution in [2.45, 2.75) is 20.4 Å². The molecule has 0 atom stereocenters. The quantitative estimate of drug-likeness (QED) is 0.752. The van der Waals surface area contributed by atoms with Crippen molar-refractivity contribution in [3.63, 3.8) is 0 Å². The molecule has 0 unspecified atom stereocenters. The Labute approximate surface area is 127 Å². The molecule has 0 bridgehead atoms. The second-order valence-electron chi connectivity index (χ2n) is 5.33. The third-order valence-electron chi connectivity index (χ3n) is 3.05. The topological polar surface area (TPSA) is 64.8 Å². The maximum Gasteiger partial charge on any atom is 0.260 e. The Morgan fingerprint density at radius 3 is 2.67 bits per heavy atom. The molecule has 118 valence electrons. The molecule has 0 aliphatic carbocycles. The normalized spacial score (nSPS) is 10.7. The molecule has 21 heavy (non-hydrogen) atoms. The standard InChI is InChI=1S/C16H26N2O3/c1-13(2)11-18(8-9-20-3)16(19)12-21-15-7-5-4-6-14(15)10-17/h4-7,13H,8-12,17H2,1-3H3. The predicted molar refractivity (Wildman–Crippen MR) is 83.1 cm³/mol. The van der Waals surface area contributed by atoms with Crippen LogP contribution in [-0.4, -0.2) is 44.2 Å². The summed E-state index contributed by atoms with van der Waals surface area (Å²) in [7, 11) is 1.63. The summed E-state index contributed by atoms with van der Waals surface area (Å²) in [6.07, 6.45) is 0. The van der Waals surface area contributed by atoms with Crippen LogP contribution in [0.2, 0.25) is 0 Å². The van der Waals surface area contributed by atoms with Crippen LogP contribution >= 0.6 is 0 Å². The van der Waals surface area contributed by atoms with Gasteiger partial charge in [-0.25, -0.2) is 0 Å². The lowest BCUT2D eigenvalue weighted by Crippen LogP contribution is -2.39. The average molecular weight is 294 g/mol. The van der Waals surface area contributed by atoms with Crippen LogP contribution < -0.4 is 10.5 Å². The highest BCUT2D eigenvalue weighted by Gasteiger charge is 2.15. The summed E-state index contributed by atoms with van der Waals surface area (Å²) < 4.78 is 10.7. The molecular weight excluding hydrogens is 268 g/mol. The molecule has 5 heteroatoms. The first kappa shape index (κ1) is 17.5. The molecule has 1 aromatic carbocycles. The summed E-state index contributed by atoms with van der Waals surface area (Å²) in [6.45, 7) is 6.38. The van der Waals surface area contributed by atoms with Gasteiger partial charge in [0, 0.05) is 32.3 Å². The van der Waals surface area contributed by atoms with Crippen molar-refractivity contribution in [1.82, 2.24) is 4.90 Å². The molecule has 0 aromatic heterocycles. The third-order valence-corrected chi connectivity index (χ3v) is 3.05. The number of nitrogens with zero attached hydrogens (tertiary/aromatic N) is 1. The molecular formula is C16H26N2O3. The SMILES string of the molecule is COCCN(CC(C)C)C(=O)COc1ccccc1CN. The van der Waals surface area contributed by atoms with Gasteiger partial charge < -0.3 is 20.1 Å². The van der Waals surface area contributed by atoms with Crippen LogP contribution in [0.4, 0.5) is 0 Å². The highest BCUT2D eigenvalue weighted by Crippen LogP contribution is 2.17. The van der Waals surface area contributed by atoms with E-state index in [0.29, 0.717) is 37.9 Å². The molecule has 1 amide bonds. The lowest BCUT2D eigenvalue weighted by Gasteiger charge is -2.24. The molecule has 0 heterocycles. The highest BCUT2D eigenvalue weighted by molar-refractivity contribution is 5.77. The monoisotopic (exact) mass is 294 g/mol. The minimum atomic E-state index is -0.0347. The first-order valence-corrected chi connectivity index (χ1v) is 7.26. The lowest BCUT2D eigenvalue weighted by atomic mass is 10.2. The zero-order valence-corrected chi connectivity index (χ0v) is 13.2. The zero-order chi connectivity index (χ0) is 15.7. The van der Waals surface area contributed by atoms with Crippen molar-refractivity contribution in [3.05, 3.63) is 29.8 Å². The van der Waals surface area contributed by atoms with Crippen molar-refractivity contribution < 1.29 is 14.3 Å². The molecule has 0 spiro atoms. The number of nitrogens with two attached hydrogens (primary N) is 1. The number of carbonyl (C=O) groups excluding carboxylic acids is 1. The Balaban J connectivity index is 2.59. The summed E-state index contributed by atoms with van der Waals surface area (Å²) in [6, 6.07) is 7.50. The third kappa shape index (κ3) is 6.14. The first-order valence-electron chi connectivity index (χ1n) is 7.26. The molecule has 5 nitrogen and oxygen atoms in total. The second-order valence-corrected chi connectivity index (χ2v) is 5.33. The number of rotatable bonds is 9. The van der Waals surface area contributed by atoms with Gasteiger partial charge in [-0.1, -0.05) is 32.0 Å². The van der Waals surface area contributed by atoms with Crippen molar-refractivity contribution in [3.8, 4) is 5.75 Å². The Morgan fingerprint density at radius 1 is 1.33 bits per heavy atom. The molecule has 0 radical (unpaired) electrons. The van der Waals surface area contributed by atoms with E-state index in [1.165, 1.54) is 0 Å². The molecule has 0 aliphatic heterocycles. The van der Waals surface area contributed by atoms with Crippen LogP contribution in [-0.2, 0) is 16.1 Å². The summed E-state index contributed by atoms with van der Waals surface area (Å²) in [5.41, 5.74) is 6.56. The number of carbonyl (C=O) groups is 1. The number of para-hydroxylation sites is 1. The van der Waals surface area contributed by atoms with E-state index in [0.717, 1.165) is 5.56 Å². The van der Waals surface area contributed by atoms with E-state index in [9.17, 15) is 4.79 Å². The van der Waals surface area contributed by atoms with E-state index in [-0.39, 0.29) is 12.5 Å². The maximum absolute atomic E-state index is 12.3. The number of ether oxygens (including phenoxy) is 2. The number of amides is 1. The van der Waals surface area contributed by atoms with E-state index >= 15 is 0 Å². The van der Waals surface area contributed by atoms with Crippen LogP contribution in [0.5, 0.6) is 5.75 Å². The van der Waals surface area contributed by atoms with Gasteiger partial charge >= 0.3 is 0 Å². The summed E-state index contributed by atoms with van der Waals surface area (Å²) in [5, 5.41) is 0. The van der Waals surface area contributed by atoms with Gasteiger partial charge in [-0.15, -0.1) is 0 Å². The average Bonchev–Trinajstić information content (AvgIpc) is 2.48. The van der Waals surface area contributed by atoms with Crippen LogP contribution in [0.15, 0.2) is 24.3 Å². The fourth-order valence-electron chi connectivity index (χ4n) is 2.00. The van der Waals surface area contributed by atoms with Gasteiger partial charge in [0.1, 0.15) is 5.75 Å². The number of hydrogen-bond donors (Lipinski definition) is 1. The van der Waals surface area contributed by atoms with E-state index in [2.05, 4.69) is 13.8 Å². The van der Waals surface area contributed by atoms with Gasteiger partial charge in [-0.2, -0.15) is 0 Å². The number of methoxy groups -OCH3 is 1. The zero-order valence-electron chi connectivity index (χ0n) is 13.2. The second kappa shape index (κ2) is 9.37. The van der Waals surface area contributed by atoms with E-state index in [4.69, 9.17) is 15.2 Å². The summed E-state index contributed by atoms with van der Waals surface area (Å²) >= 11 is 0. The van der Waals surface area contributed by atoms with Gasteiger partial charge in [0.25, 0.3) is 5.91 Å². The van der Waals surface area contributed by atoms with Gasteiger partial charge in [0.15, 0.2) is 6.61 Å². The largest absolute Gasteiger partial charge is 0.483 e. The van der Waals surface area contributed by atoms with Crippen molar-refractivity contribution in [1.29, 1.82) is 0 Å². The highest BCUT2D eigenvalue weighted by atomic mass is 16.5. The Kier molecular flexibility index (Phi) is 7.79. The van der Waals surface area contributed by atoms with Crippen LogP contribution in [0, 0.1) is 5.92 Å². The smallest absolute Gasteiger partial charge is 0.260 e.